The van der Waals surface area contributed by atoms with E-state index in [1.807, 2.05) is 30.3 Å². The van der Waals surface area contributed by atoms with Crippen LogP contribution in [0, 0.1) is 0 Å². The Morgan fingerprint density at radius 2 is 2.00 bits per heavy atom. The lowest BCUT2D eigenvalue weighted by molar-refractivity contribution is -0.127. The molecular weight excluding hydrogens is 238 g/mol. The van der Waals surface area contributed by atoms with Gasteiger partial charge in [-0.25, -0.2) is 5.84 Å². The number of hydrogen-bond acceptors (Lipinski definition) is 3. The van der Waals surface area contributed by atoms with Gasteiger partial charge < -0.3 is 0 Å². The van der Waals surface area contributed by atoms with Gasteiger partial charge in [0.2, 0.25) is 0 Å². The van der Waals surface area contributed by atoms with Gasteiger partial charge in [-0.15, -0.1) is 0 Å². The number of nitrogens with two attached hydrogens (primary N) is 1. The van der Waals surface area contributed by atoms with Crippen LogP contribution in [0.3, 0.4) is 0 Å². The van der Waals surface area contributed by atoms with Crippen molar-refractivity contribution in [2.75, 3.05) is 6.54 Å². The van der Waals surface area contributed by atoms with E-state index in [0.29, 0.717) is 6.04 Å². The Morgan fingerprint density at radius 3 is 2.53 bits per heavy atom. The van der Waals surface area contributed by atoms with Gasteiger partial charge in [-0.1, -0.05) is 50.1 Å². The minimum atomic E-state index is -0.278. The van der Waals surface area contributed by atoms with Crippen molar-refractivity contribution in [1.82, 2.24) is 10.3 Å². The SMILES string of the molecule is CCN(C1CCCC1)C(C(=O)NN)c1ccccc1. The standard InChI is InChI=1S/C15H23N3O/c1-2-18(13-10-6-7-11-13)14(15(19)17-16)12-8-4-3-5-9-12/h3-5,8-9,13-14H,2,6-7,10-11,16H2,1H3,(H,17,19). The molecule has 104 valence electrons. The molecule has 19 heavy (non-hydrogen) atoms. The minimum Gasteiger partial charge on any atom is -0.293 e. The first kappa shape index (κ1) is 14.0. The summed E-state index contributed by atoms with van der Waals surface area (Å²) in [5.74, 6) is 5.25. The fourth-order valence-electron chi connectivity index (χ4n) is 3.10. The van der Waals surface area contributed by atoms with Gasteiger partial charge in [-0.05, 0) is 24.9 Å². The average molecular weight is 261 g/mol. The number of rotatable bonds is 5. The summed E-state index contributed by atoms with van der Waals surface area (Å²) in [4.78, 5) is 14.5. The number of nitrogens with zero attached hydrogens (tertiary/aromatic N) is 1. The lowest BCUT2D eigenvalue weighted by Crippen LogP contribution is -2.46. The van der Waals surface area contributed by atoms with Gasteiger partial charge in [0.15, 0.2) is 0 Å². The molecule has 0 saturated heterocycles. The van der Waals surface area contributed by atoms with Crippen molar-refractivity contribution in [3.63, 3.8) is 0 Å². The van der Waals surface area contributed by atoms with Gasteiger partial charge in [0, 0.05) is 6.04 Å². The van der Waals surface area contributed by atoms with Crippen LogP contribution < -0.4 is 11.3 Å². The lowest BCUT2D eigenvalue weighted by atomic mass is 10.0. The van der Waals surface area contributed by atoms with E-state index in [1.165, 1.54) is 25.7 Å². The fourth-order valence-corrected chi connectivity index (χ4v) is 3.10. The molecule has 0 aromatic heterocycles. The van der Waals surface area contributed by atoms with Gasteiger partial charge in [-0.2, -0.15) is 0 Å². The third-order valence-corrected chi connectivity index (χ3v) is 4.00. The Bertz CT molecular complexity index is 401. The van der Waals surface area contributed by atoms with Crippen LogP contribution in [0.15, 0.2) is 30.3 Å². The van der Waals surface area contributed by atoms with Gasteiger partial charge in [0.1, 0.15) is 6.04 Å². The van der Waals surface area contributed by atoms with Crippen LogP contribution in [0.1, 0.15) is 44.2 Å². The third kappa shape index (κ3) is 3.14. The predicted molar refractivity (Wildman–Crippen MR) is 76.1 cm³/mol. The molecule has 4 nitrogen and oxygen atoms in total. The van der Waals surface area contributed by atoms with Crippen LogP contribution in [-0.4, -0.2) is 23.4 Å². The van der Waals surface area contributed by atoms with Crippen molar-refractivity contribution in [2.45, 2.75) is 44.7 Å². The molecule has 1 aromatic rings. The minimum absolute atomic E-state index is 0.125. The van der Waals surface area contributed by atoms with Crippen molar-refractivity contribution >= 4 is 5.91 Å². The van der Waals surface area contributed by atoms with Crippen LogP contribution in [0.4, 0.5) is 0 Å². The number of hydrogen-bond donors (Lipinski definition) is 2. The molecule has 0 heterocycles. The summed E-state index contributed by atoms with van der Waals surface area (Å²) in [5.41, 5.74) is 3.33. The quantitative estimate of drug-likeness (QED) is 0.484. The molecule has 1 aliphatic carbocycles. The fraction of sp³-hybridized carbons (Fsp3) is 0.533. The molecule has 1 aliphatic rings. The number of hydrazine groups is 1. The first-order chi connectivity index (χ1) is 9.27. The summed E-state index contributed by atoms with van der Waals surface area (Å²) in [6, 6.07) is 10.1. The van der Waals surface area contributed by atoms with Gasteiger partial charge in [0.25, 0.3) is 5.91 Å². The van der Waals surface area contributed by atoms with E-state index < -0.39 is 0 Å². The van der Waals surface area contributed by atoms with Crippen LogP contribution in [0.2, 0.25) is 0 Å². The Hall–Kier alpha value is -1.39. The van der Waals surface area contributed by atoms with Crippen LogP contribution >= 0.6 is 0 Å². The Morgan fingerprint density at radius 1 is 1.37 bits per heavy atom. The Kier molecular flexibility index (Phi) is 4.93. The average Bonchev–Trinajstić information content (AvgIpc) is 2.98. The number of likely N-dealkylation sites (N-methyl/N-ethyl adjacent to an activating group) is 1. The molecule has 2 rings (SSSR count). The zero-order valence-electron chi connectivity index (χ0n) is 11.5. The zero-order valence-corrected chi connectivity index (χ0v) is 11.5. The molecule has 1 amide bonds. The highest BCUT2D eigenvalue weighted by molar-refractivity contribution is 5.82. The van der Waals surface area contributed by atoms with E-state index in [-0.39, 0.29) is 11.9 Å². The van der Waals surface area contributed by atoms with E-state index >= 15 is 0 Å². The van der Waals surface area contributed by atoms with Crippen molar-refractivity contribution in [3.8, 4) is 0 Å². The third-order valence-electron chi connectivity index (χ3n) is 4.00. The summed E-state index contributed by atoms with van der Waals surface area (Å²) in [6.45, 7) is 2.97. The summed E-state index contributed by atoms with van der Waals surface area (Å²) < 4.78 is 0. The second-order valence-electron chi connectivity index (χ2n) is 5.09. The molecule has 0 spiro atoms. The largest absolute Gasteiger partial charge is 0.293 e. The van der Waals surface area contributed by atoms with Crippen LogP contribution in [0.5, 0.6) is 0 Å². The van der Waals surface area contributed by atoms with Crippen LogP contribution in [0.25, 0.3) is 0 Å². The molecule has 3 N–H and O–H groups in total. The maximum Gasteiger partial charge on any atom is 0.255 e. The van der Waals surface area contributed by atoms with E-state index in [9.17, 15) is 4.79 Å². The number of carbonyl (C=O) groups excluding carboxylic acids is 1. The van der Waals surface area contributed by atoms with E-state index in [4.69, 9.17) is 5.84 Å². The van der Waals surface area contributed by atoms with Crippen molar-refractivity contribution in [3.05, 3.63) is 35.9 Å². The maximum absolute atomic E-state index is 12.2. The number of carbonyl (C=O) groups is 1. The van der Waals surface area contributed by atoms with Crippen molar-refractivity contribution < 1.29 is 4.79 Å². The van der Waals surface area contributed by atoms with E-state index in [0.717, 1.165) is 12.1 Å². The predicted octanol–water partition coefficient (Wildman–Crippen LogP) is 1.98. The highest BCUT2D eigenvalue weighted by Gasteiger charge is 2.32. The maximum atomic E-state index is 12.2. The molecule has 1 fully saturated rings. The number of benzene rings is 1. The molecule has 0 radical (unpaired) electrons. The lowest BCUT2D eigenvalue weighted by Gasteiger charge is -2.34. The summed E-state index contributed by atoms with van der Waals surface area (Å²) in [6.07, 6.45) is 4.86. The molecular formula is C15H23N3O. The molecule has 1 aromatic carbocycles. The summed E-state index contributed by atoms with van der Waals surface area (Å²) in [7, 11) is 0. The van der Waals surface area contributed by atoms with Crippen molar-refractivity contribution in [1.29, 1.82) is 0 Å². The summed E-state index contributed by atoms with van der Waals surface area (Å²) >= 11 is 0. The van der Waals surface area contributed by atoms with Crippen molar-refractivity contribution in [2.24, 2.45) is 5.84 Å². The van der Waals surface area contributed by atoms with E-state index in [1.54, 1.807) is 0 Å². The first-order valence-corrected chi connectivity index (χ1v) is 7.09. The zero-order chi connectivity index (χ0) is 13.7. The van der Waals surface area contributed by atoms with Gasteiger partial charge in [0.05, 0.1) is 0 Å². The van der Waals surface area contributed by atoms with Crippen LogP contribution in [-0.2, 0) is 4.79 Å². The van der Waals surface area contributed by atoms with Gasteiger partial charge in [-0.3, -0.25) is 15.1 Å². The second kappa shape index (κ2) is 6.68. The highest BCUT2D eigenvalue weighted by atomic mass is 16.2. The number of amides is 1. The second-order valence-corrected chi connectivity index (χ2v) is 5.09. The summed E-state index contributed by atoms with van der Waals surface area (Å²) in [5, 5.41) is 0. The first-order valence-electron chi connectivity index (χ1n) is 7.09. The smallest absolute Gasteiger partial charge is 0.255 e. The Labute approximate surface area is 114 Å². The normalized spacial score (nSPS) is 17.6. The molecule has 1 saturated carbocycles. The molecule has 0 bridgehead atoms. The molecule has 1 unspecified atom stereocenters. The van der Waals surface area contributed by atoms with Gasteiger partial charge >= 0.3 is 0 Å². The molecule has 1 atom stereocenters. The topological polar surface area (TPSA) is 58.4 Å². The number of nitrogens with one attached hydrogen (secondary N) is 1. The van der Waals surface area contributed by atoms with E-state index in [2.05, 4.69) is 17.2 Å². The monoisotopic (exact) mass is 261 g/mol. The molecule has 4 heteroatoms. The Balaban J connectivity index is 2.27. The molecule has 0 aliphatic heterocycles. The highest BCUT2D eigenvalue weighted by Crippen LogP contribution is 2.30.